The Labute approximate surface area is 211 Å². The lowest BCUT2D eigenvalue weighted by atomic mass is 10.1. The molecule has 0 spiro atoms. The van der Waals surface area contributed by atoms with Crippen LogP contribution in [0.25, 0.3) is 16.9 Å². The molecule has 5 rings (SSSR count). The molecule has 36 heavy (non-hydrogen) atoms. The van der Waals surface area contributed by atoms with Crippen LogP contribution in [-0.2, 0) is 17.8 Å². The molecule has 1 aliphatic rings. The highest BCUT2D eigenvalue weighted by Crippen LogP contribution is 2.31. The van der Waals surface area contributed by atoms with Gasteiger partial charge in [-0.05, 0) is 35.4 Å². The van der Waals surface area contributed by atoms with Crippen molar-refractivity contribution in [2.24, 2.45) is 0 Å². The number of carbonyl (C=O) groups is 1. The summed E-state index contributed by atoms with van der Waals surface area (Å²) in [6.45, 7) is 4.75. The highest BCUT2D eigenvalue weighted by Gasteiger charge is 2.21. The van der Waals surface area contributed by atoms with Gasteiger partial charge in [-0.1, -0.05) is 54.6 Å². The molecule has 7 heteroatoms. The molecule has 1 aliphatic heterocycles. The summed E-state index contributed by atoms with van der Waals surface area (Å²) in [7, 11) is 1.62. The lowest BCUT2D eigenvalue weighted by Crippen LogP contribution is -2.35. The molecule has 1 amide bonds. The Kier molecular flexibility index (Phi) is 7.40. The predicted octanol–water partition coefficient (Wildman–Crippen LogP) is 4.31. The number of ether oxygens (including phenoxy) is 2. The second-order valence-corrected chi connectivity index (χ2v) is 8.76. The number of aromatic nitrogens is 2. The lowest BCUT2D eigenvalue weighted by molar-refractivity contribution is 0.0342. The molecule has 1 N–H and O–H groups in total. The zero-order valence-corrected chi connectivity index (χ0v) is 20.4. The zero-order chi connectivity index (χ0) is 24.7. The van der Waals surface area contributed by atoms with Crippen LogP contribution in [0.4, 0.5) is 0 Å². The van der Waals surface area contributed by atoms with Crippen molar-refractivity contribution in [2.75, 3.05) is 33.4 Å². The van der Waals surface area contributed by atoms with Crippen LogP contribution in [0, 0.1) is 0 Å². The number of para-hydroxylation sites is 2. The number of methoxy groups -OCH3 is 1. The molecule has 1 fully saturated rings. The van der Waals surface area contributed by atoms with Gasteiger partial charge in [0.15, 0.2) is 0 Å². The summed E-state index contributed by atoms with van der Waals surface area (Å²) in [4.78, 5) is 15.8. The number of amides is 1. The van der Waals surface area contributed by atoms with Gasteiger partial charge in [0, 0.05) is 37.9 Å². The summed E-state index contributed by atoms with van der Waals surface area (Å²) in [5.41, 5.74) is 5.01. The van der Waals surface area contributed by atoms with E-state index < -0.39 is 0 Å². The van der Waals surface area contributed by atoms with E-state index in [4.69, 9.17) is 14.6 Å². The van der Waals surface area contributed by atoms with E-state index in [2.05, 4.69) is 22.3 Å². The molecule has 0 atom stereocenters. The van der Waals surface area contributed by atoms with Gasteiger partial charge in [-0.3, -0.25) is 9.69 Å². The first kappa shape index (κ1) is 23.8. The number of morpholine rings is 1. The van der Waals surface area contributed by atoms with Gasteiger partial charge in [0.25, 0.3) is 5.91 Å². The molecule has 4 aromatic rings. The van der Waals surface area contributed by atoms with Gasteiger partial charge >= 0.3 is 0 Å². The van der Waals surface area contributed by atoms with E-state index in [1.165, 1.54) is 5.56 Å². The first-order valence-electron chi connectivity index (χ1n) is 12.2. The largest absolute Gasteiger partial charge is 0.496 e. The summed E-state index contributed by atoms with van der Waals surface area (Å²) in [5, 5.41) is 7.87. The third-order valence-electron chi connectivity index (χ3n) is 6.30. The number of hydrogen-bond acceptors (Lipinski definition) is 5. The Morgan fingerprint density at radius 3 is 2.53 bits per heavy atom. The molecule has 0 aliphatic carbocycles. The molecule has 3 aromatic carbocycles. The highest BCUT2D eigenvalue weighted by molar-refractivity contribution is 6.00. The van der Waals surface area contributed by atoms with E-state index in [-0.39, 0.29) is 5.91 Å². The van der Waals surface area contributed by atoms with Gasteiger partial charge in [0.05, 0.1) is 31.6 Å². The smallest absolute Gasteiger partial charge is 0.255 e. The van der Waals surface area contributed by atoms with E-state index in [0.29, 0.717) is 23.6 Å². The highest BCUT2D eigenvalue weighted by atomic mass is 16.5. The van der Waals surface area contributed by atoms with Crippen molar-refractivity contribution < 1.29 is 14.3 Å². The number of carbonyl (C=O) groups excluding carboxylic acids is 1. The normalized spacial score (nSPS) is 13.9. The third kappa shape index (κ3) is 5.48. The molecule has 0 bridgehead atoms. The van der Waals surface area contributed by atoms with Gasteiger partial charge in [-0.2, -0.15) is 5.10 Å². The Hall–Kier alpha value is -3.94. The maximum Gasteiger partial charge on any atom is 0.255 e. The molecule has 0 saturated carbocycles. The van der Waals surface area contributed by atoms with Crippen LogP contribution in [0.2, 0.25) is 0 Å². The van der Waals surface area contributed by atoms with Gasteiger partial charge in [0.1, 0.15) is 11.4 Å². The SMILES string of the molecule is COc1ccccc1-c1nn(-c2ccccc2)cc1C(=O)NCc1cccc(CN2CCOCC2)c1. The van der Waals surface area contributed by atoms with Crippen molar-refractivity contribution in [2.45, 2.75) is 13.1 Å². The zero-order valence-electron chi connectivity index (χ0n) is 20.4. The summed E-state index contributed by atoms with van der Waals surface area (Å²) >= 11 is 0. The van der Waals surface area contributed by atoms with Crippen molar-refractivity contribution in [1.82, 2.24) is 20.0 Å². The van der Waals surface area contributed by atoms with Crippen LogP contribution in [0.3, 0.4) is 0 Å². The van der Waals surface area contributed by atoms with Crippen molar-refractivity contribution in [3.05, 3.63) is 102 Å². The maximum atomic E-state index is 13.4. The lowest BCUT2D eigenvalue weighted by Gasteiger charge is -2.26. The first-order valence-corrected chi connectivity index (χ1v) is 12.2. The van der Waals surface area contributed by atoms with E-state index in [1.807, 2.05) is 66.7 Å². The fraction of sp³-hybridized carbons (Fsp3) is 0.241. The Morgan fingerprint density at radius 2 is 1.72 bits per heavy atom. The van der Waals surface area contributed by atoms with Gasteiger partial charge in [-0.15, -0.1) is 0 Å². The number of rotatable bonds is 8. The molecule has 0 radical (unpaired) electrons. The van der Waals surface area contributed by atoms with Gasteiger partial charge in [-0.25, -0.2) is 4.68 Å². The van der Waals surface area contributed by atoms with Crippen LogP contribution >= 0.6 is 0 Å². The topological polar surface area (TPSA) is 68.6 Å². The quantitative estimate of drug-likeness (QED) is 0.405. The third-order valence-corrected chi connectivity index (χ3v) is 6.30. The average Bonchev–Trinajstić information content (AvgIpc) is 3.38. The average molecular weight is 483 g/mol. The minimum absolute atomic E-state index is 0.184. The van der Waals surface area contributed by atoms with Crippen LogP contribution < -0.4 is 10.1 Å². The second-order valence-electron chi connectivity index (χ2n) is 8.76. The summed E-state index contributed by atoms with van der Waals surface area (Å²) in [6.07, 6.45) is 1.78. The second kappa shape index (κ2) is 11.2. The Morgan fingerprint density at radius 1 is 0.972 bits per heavy atom. The molecule has 1 saturated heterocycles. The summed E-state index contributed by atoms with van der Waals surface area (Å²) < 4.78 is 12.7. The van der Waals surface area contributed by atoms with Gasteiger partial charge < -0.3 is 14.8 Å². The van der Waals surface area contributed by atoms with Crippen molar-refractivity contribution in [3.63, 3.8) is 0 Å². The molecule has 1 aromatic heterocycles. The van der Waals surface area contributed by atoms with E-state index >= 15 is 0 Å². The van der Waals surface area contributed by atoms with Crippen LogP contribution in [0.5, 0.6) is 5.75 Å². The fourth-order valence-corrected chi connectivity index (χ4v) is 4.43. The molecule has 7 nitrogen and oxygen atoms in total. The standard InChI is InChI=1S/C29H30N4O3/c1-35-27-13-6-5-12-25(27)28-26(21-33(31-28)24-10-3-2-4-11-24)29(34)30-19-22-8-7-9-23(18-22)20-32-14-16-36-17-15-32/h2-13,18,21H,14-17,19-20H2,1H3,(H,30,34). The minimum atomic E-state index is -0.184. The van der Waals surface area contributed by atoms with Gasteiger partial charge in [0.2, 0.25) is 0 Å². The monoisotopic (exact) mass is 482 g/mol. The fourth-order valence-electron chi connectivity index (χ4n) is 4.43. The number of hydrogen-bond donors (Lipinski definition) is 1. The molecule has 0 unspecified atom stereocenters. The van der Waals surface area contributed by atoms with Crippen LogP contribution in [0.1, 0.15) is 21.5 Å². The summed E-state index contributed by atoms with van der Waals surface area (Å²) in [6, 6.07) is 25.8. The molecular weight excluding hydrogens is 452 g/mol. The van der Waals surface area contributed by atoms with Crippen molar-refractivity contribution in [1.29, 1.82) is 0 Å². The molecular formula is C29H30N4O3. The minimum Gasteiger partial charge on any atom is -0.496 e. The number of nitrogens with one attached hydrogen (secondary N) is 1. The first-order chi connectivity index (χ1) is 17.7. The van der Waals surface area contributed by atoms with E-state index in [1.54, 1.807) is 18.0 Å². The Bertz CT molecular complexity index is 1310. The van der Waals surface area contributed by atoms with E-state index in [9.17, 15) is 4.79 Å². The van der Waals surface area contributed by atoms with Crippen molar-refractivity contribution in [3.8, 4) is 22.7 Å². The maximum absolute atomic E-state index is 13.4. The Balaban J connectivity index is 1.37. The van der Waals surface area contributed by atoms with Crippen LogP contribution in [-0.4, -0.2) is 54.0 Å². The number of benzene rings is 3. The predicted molar refractivity (Wildman–Crippen MR) is 139 cm³/mol. The van der Waals surface area contributed by atoms with Crippen LogP contribution in [0.15, 0.2) is 85.1 Å². The van der Waals surface area contributed by atoms with E-state index in [0.717, 1.165) is 49.7 Å². The van der Waals surface area contributed by atoms with Crippen molar-refractivity contribution >= 4 is 5.91 Å². The summed E-state index contributed by atoms with van der Waals surface area (Å²) in [5.74, 6) is 0.484. The molecule has 2 heterocycles. The molecule has 184 valence electrons. The number of nitrogens with zero attached hydrogens (tertiary/aromatic N) is 3.